The van der Waals surface area contributed by atoms with Crippen molar-refractivity contribution in [1.29, 1.82) is 0 Å². The number of nitrogens with one attached hydrogen (secondary N) is 2. The Balaban J connectivity index is 1.81. The van der Waals surface area contributed by atoms with Gasteiger partial charge in [0.1, 0.15) is 11.6 Å². The quantitative estimate of drug-likeness (QED) is 0.577. The summed E-state index contributed by atoms with van der Waals surface area (Å²) in [6.45, 7) is 0. The topological polar surface area (TPSA) is 67.4 Å². The minimum absolute atomic E-state index is 0.172. The van der Waals surface area contributed by atoms with Crippen LogP contribution in [0.3, 0.4) is 0 Å². The van der Waals surface area contributed by atoms with Gasteiger partial charge in [-0.05, 0) is 54.6 Å². The molecule has 3 aromatic rings. The molecule has 0 atom stereocenters. The van der Waals surface area contributed by atoms with E-state index in [2.05, 4.69) is 26.6 Å². The number of anilines is 2. The fourth-order valence-corrected chi connectivity index (χ4v) is 2.94. The van der Waals surface area contributed by atoms with Crippen molar-refractivity contribution < 1.29 is 18.7 Å². The second kappa shape index (κ2) is 8.67. The fourth-order valence-electron chi connectivity index (χ4n) is 2.54. The molecule has 0 unspecified atom stereocenters. The van der Waals surface area contributed by atoms with Crippen molar-refractivity contribution in [3.63, 3.8) is 0 Å². The number of hydrogen-bond acceptors (Lipinski definition) is 3. The van der Waals surface area contributed by atoms with Crippen LogP contribution in [0.1, 0.15) is 20.7 Å². The predicted molar refractivity (Wildman–Crippen MR) is 109 cm³/mol. The molecule has 28 heavy (non-hydrogen) atoms. The standard InChI is InChI=1S/C21H16BrFN2O3/c1-28-19-9-8-17(24-20(26)13-4-2-6-15(22)10-13)12-18(19)25-21(27)14-5-3-7-16(23)11-14/h2-12H,1H3,(H,24,26)(H,25,27). The van der Waals surface area contributed by atoms with E-state index in [0.29, 0.717) is 22.7 Å². The van der Waals surface area contributed by atoms with Crippen molar-refractivity contribution in [2.24, 2.45) is 0 Å². The maximum absolute atomic E-state index is 13.4. The first-order chi connectivity index (χ1) is 13.5. The number of carbonyl (C=O) groups excluding carboxylic acids is 2. The van der Waals surface area contributed by atoms with Gasteiger partial charge in [0, 0.05) is 21.3 Å². The SMILES string of the molecule is COc1ccc(NC(=O)c2cccc(Br)c2)cc1NC(=O)c1cccc(F)c1. The van der Waals surface area contributed by atoms with Crippen LogP contribution in [0.25, 0.3) is 0 Å². The normalized spacial score (nSPS) is 10.2. The number of rotatable bonds is 5. The van der Waals surface area contributed by atoms with Crippen molar-refractivity contribution in [2.45, 2.75) is 0 Å². The first-order valence-corrected chi connectivity index (χ1v) is 9.07. The number of benzene rings is 3. The molecule has 0 aromatic heterocycles. The molecule has 2 amide bonds. The van der Waals surface area contributed by atoms with Gasteiger partial charge in [0.25, 0.3) is 11.8 Å². The van der Waals surface area contributed by atoms with Gasteiger partial charge in [0.2, 0.25) is 0 Å². The first kappa shape index (κ1) is 19.6. The molecule has 0 aliphatic rings. The highest BCUT2D eigenvalue weighted by Crippen LogP contribution is 2.29. The summed E-state index contributed by atoms with van der Waals surface area (Å²) in [5.74, 6) is -0.887. The van der Waals surface area contributed by atoms with Crippen LogP contribution in [0.4, 0.5) is 15.8 Å². The van der Waals surface area contributed by atoms with E-state index in [-0.39, 0.29) is 11.5 Å². The highest BCUT2D eigenvalue weighted by atomic mass is 79.9. The molecule has 0 heterocycles. The second-order valence-electron chi connectivity index (χ2n) is 5.84. The Kier molecular flexibility index (Phi) is 6.06. The van der Waals surface area contributed by atoms with Crippen LogP contribution in [-0.2, 0) is 0 Å². The minimum atomic E-state index is -0.505. The average Bonchev–Trinajstić information content (AvgIpc) is 2.68. The maximum Gasteiger partial charge on any atom is 0.255 e. The smallest absolute Gasteiger partial charge is 0.255 e. The molecule has 0 saturated heterocycles. The Morgan fingerprint density at radius 1 is 0.893 bits per heavy atom. The van der Waals surface area contributed by atoms with Crippen LogP contribution in [0.15, 0.2) is 71.2 Å². The third-order valence-electron chi connectivity index (χ3n) is 3.88. The third kappa shape index (κ3) is 4.75. The van der Waals surface area contributed by atoms with Crippen LogP contribution in [0.5, 0.6) is 5.75 Å². The molecule has 0 fully saturated rings. The third-order valence-corrected chi connectivity index (χ3v) is 4.37. The van der Waals surface area contributed by atoms with E-state index in [1.165, 1.54) is 25.3 Å². The van der Waals surface area contributed by atoms with Crippen molar-refractivity contribution >= 4 is 39.1 Å². The zero-order chi connectivity index (χ0) is 20.1. The van der Waals surface area contributed by atoms with Gasteiger partial charge in [0.15, 0.2) is 0 Å². The van der Waals surface area contributed by atoms with Gasteiger partial charge in [-0.25, -0.2) is 4.39 Å². The van der Waals surface area contributed by atoms with E-state index in [4.69, 9.17) is 4.74 Å². The van der Waals surface area contributed by atoms with Crippen molar-refractivity contribution in [3.8, 4) is 5.75 Å². The number of halogens is 2. The summed E-state index contributed by atoms with van der Waals surface area (Å²) < 4.78 is 19.4. The van der Waals surface area contributed by atoms with Crippen LogP contribution in [0, 0.1) is 5.82 Å². The average molecular weight is 443 g/mol. The summed E-state index contributed by atoms with van der Waals surface area (Å²) in [6.07, 6.45) is 0. The van der Waals surface area contributed by atoms with Gasteiger partial charge in [-0.3, -0.25) is 9.59 Å². The maximum atomic E-state index is 13.4. The van der Waals surface area contributed by atoms with E-state index in [9.17, 15) is 14.0 Å². The number of carbonyl (C=O) groups is 2. The van der Waals surface area contributed by atoms with E-state index in [0.717, 1.165) is 10.5 Å². The van der Waals surface area contributed by atoms with E-state index >= 15 is 0 Å². The second-order valence-corrected chi connectivity index (χ2v) is 6.76. The Bertz CT molecular complexity index is 1040. The highest BCUT2D eigenvalue weighted by Gasteiger charge is 2.13. The lowest BCUT2D eigenvalue weighted by Crippen LogP contribution is -2.15. The number of amides is 2. The molecule has 0 aliphatic carbocycles. The van der Waals surface area contributed by atoms with Gasteiger partial charge in [-0.15, -0.1) is 0 Å². The molecule has 0 radical (unpaired) electrons. The summed E-state index contributed by atoms with van der Waals surface area (Å²) in [5, 5.41) is 5.45. The molecular weight excluding hydrogens is 427 g/mol. The van der Waals surface area contributed by atoms with Crippen molar-refractivity contribution in [2.75, 3.05) is 17.7 Å². The fraction of sp³-hybridized carbons (Fsp3) is 0.0476. The molecule has 2 N–H and O–H groups in total. The summed E-state index contributed by atoms with van der Waals surface area (Å²) in [6, 6.07) is 17.2. The largest absolute Gasteiger partial charge is 0.495 e. The monoisotopic (exact) mass is 442 g/mol. The summed E-state index contributed by atoms with van der Waals surface area (Å²) in [5.41, 5.74) is 1.48. The highest BCUT2D eigenvalue weighted by molar-refractivity contribution is 9.10. The van der Waals surface area contributed by atoms with Gasteiger partial charge in [-0.2, -0.15) is 0 Å². The lowest BCUT2D eigenvalue weighted by Gasteiger charge is -2.13. The van der Waals surface area contributed by atoms with Gasteiger partial charge in [-0.1, -0.05) is 28.1 Å². The van der Waals surface area contributed by atoms with E-state index in [1.807, 2.05) is 6.07 Å². The minimum Gasteiger partial charge on any atom is -0.495 e. The number of ether oxygens (including phenoxy) is 1. The molecule has 3 aromatic carbocycles. The van der Waals surface area contributed by atoms with Crippen molar-refractivity contribution in [3.05, 3.63) is 88.1 Å². The zero-order valence-electron chi connectivity index (χ0n) is 14.8. The lowest BCUT2D eigenvalue weighted by atomic mass is 10.2. The van der Waals surface area contributed by atoms with Crippen LogP contribution >= 0.6 is 15.9 Å². The van der Waals surface area contributed by atoms with Gasteiger partial charge >= 0.3 is 0 Å². The predicted octanol–water partition coefficient (Wildman–Crippen LogP) is 5.10. The zero-order valence-corrected chi connectivity index (χ0v) is 16.4. The van der Waals surface area contributed by atoms with E-state index < -0.39 is 11.7 Å². The summed E-state index contributed by atoms with van der Waals surface area (Å²) in [7, 11) is 1.47. The Morgan fingerprint density at radius 2 is 1.57 bits per heavy atom. The molecule has 0 aliphatic heterocycles. The Morgan fingerprint density at radius 3 is 2.25 bits per heavy atom. The number of methoxy groups -OCH3 is 1. The molecule has 0 spiro atoms. The Labute approximate surface area is 169 Å². The number of hydrogen-bond donors (Lipinski definition) is 2. The molecule has 5 nitrogen and oxygen atoms in total. The van der Waals surface area contributed by atoms with E-state index in [1.54, 1.807) is 36.4 Å². The van der Waals surface area contributed by atoms with Crippen molar-refractivity contribution in [1.82, 2.24) is 0 Å². The molecule has 142 valence electrons. The molecule has 3 rings (SSSR count). The molecule has 0 saturated carbocycles. The summed E-state index contributed by atoms with van der Waals surface area (Å²) in [4.78, 5) is 24.8. The molecular formula is C21H16BrFN2O3. The van der Waals surface area contributed by atoms with Gasteiger partial charge < -0.3 is 15.4 Å². The van der Waals surface area contributed by atoms with Crippen LogP contribution in [0.2, 0.25) is 0 Å². The van der Waals surface area contributed by atoms with Gasteiger partial charge in [0.05, 0.1) is 12.8 Å². The van der Waals surface area contributed by atoms with Crippen LogP contribution in [-0.4, -0.2) is 18.9 Å². The first-order valence-electron chi connectivity index (χ1n) is 8.28. The van der Waals surface area contributed by atoms with Crippen LogP contribution < -0.4 is 15.4 Å². The summed E-state index contributed by atoms with van der Waals surface area (Å²) >= 11 is 3.33. The molecule has 7 heteroatoms. The lowest BCUT2D eigenvalue weighted by molar-refractivity contribution is 0.101. The Hall–Kier alpha value is -3.19. The molecule has 0 bridgehead atoms.